The molecule has 0 amide bonds. The molecule has 0 bridgehead atoms. The number of rotatable bonds is 7. The number of esters is 1. The molecule has 2 aromatic rings. The summed E-state index contributed by atoms with van der Waals surface area (Å²) in [7, 11) is 1.63. The van der Waals surface area contributed by atoms with Crippen molar-refractivity contribution in [2.75, 3.05) is 13.7 Å². The number of carbonyl (C=O) groups is 1. The maximum atomic E-state index is 13.6. The number of benzene rings is 1. The molecule has 0 saturated heterocycles. The molecule has 0 aliphatic carbocycles. The highest BCUT2D eigenvalue weighted by Gasteiger charge is 2.15. The van der Waals surface area contributed by atoms with Gasteiger partial charge in [0.15, 0.2) is 0 Å². The van der Waals surface area contributed by atoms with E-state index >= 15 is 0 Å². The van der Waals surface area contributed by atoms with Crippen LogP contribution in [0.25, 0.3) is 6.08 Å². The number of hydrogen-bond donors (Lipinski definition) is 0. The van der Waals surface area contributed by atoms with Crippen LogP contribution in [-0.2, 0) is 27.4 Å². The van der Waals surface area contributed by atoms with Gasteiger partial charge in [0.2, 0.25) is 0 Å². The van der Waals surface area contributed by atoms with E-state index in [1.54, 1.807) is 19.2 Å². The summed E-state index contributed by atoms with van der Waals surface area (Å²) >= 11 is 0. The molecule has 1 aromatic heterocycles. The Balaban J connectivity index is 2.16. The molecule has 0 saturated carbocycles. The molecule has 5 nitrogen and oxygen atoms in total. The standard InChI is InChI=1S/C20H21FN2O3/c1-14-10-17(15(2)23(14)8-9-25-3)11-18(12-22)20(24)26-13-16-6-4-5-7-19(16)21/h4-7,10-11H,8-9,13H2,1-3H3/b18-11+. The van der Waals surface area contributed by atoms with Gasteiger partial charge in [0, 0.05) is 30.6 Å². The van der Waals surface area contributed by atoms with E-state index in [1.165, 1.54) is 18.2 Å². The molecule has 6 heteroatoms. The third kappa shape index (κ3) is 4.58. The Morgan fingerprint density at radius 1 is 1.35 bits per heavy atom. The van der Waals surface area contributed by atoms with Crippen molar-refractivity contribution in [3.05, 3.63) is 64.2 Å². The van der Waals surface area contributed by atoms with Crippen molar-refractivity contribution in [3.8, 4) is 6.07 Å². The van der Waals surface area contributed by atoms with Crippen molar-refractivity contribution < 1.29 is 18.7 Å². The average Bonchev–Trinajstić information content (AvgIpc) is 2.90. The van der Waals surface area contributed by atoms with Crippen LogP contribution >= 0.6 is 0 Å². The monoisotopic (exact) mass is 356 g/mol. The fourth-order valence-electron chi connectivity index (χ4n) is 2.63. The molecule has 0 spiro atoms. The molecular weight excluding hydrogens is 335 g/mol. The highest BCUT2D eigenvalue weighted by atomic mass is 19.1. The van der Waals surface area contributed by atoms with E-state index in [0.29, 0.717) is 13.2 Å². The highest BCUT2D eigenvalue weighted by molar-refractivity contribution is 5.98. The summed E-state index contributed by atoms with van der Waals surface area (Å²) in [4.78, 5) is 12.2. The van der Waals surface area contributed by atoms with Crippen molar-refractivity contribution in [1.82, 2.24) is 4.57 Å². The number of nitrogens with zero attached hydrogens (tertiary/aromatic N) is 2. The first-order valence-corrected chi connectivity index (χ1v) is 8.16. The molecule has 26 heavy (non-hydrogen) atoms. The zero-order chi connectivity index (χ0) is 19.1. The first kappa shape index (κ1) is 19.4. The normalized spacial score (nSPS) is 11.3. The molecule has 0 fully saturated rings. The summed E-state index contributed by atoms with van der Waals surface area (Å²) in [5, 5.41) is 9.30. The van der Waals surface area contributed by atoms with E-state index in [4.69, 9.17) is 9.47 Å². The zero-order valence-corrected chi connectivity index (χ0v) is 15.1. The lowest BCUT2D eigenvalue weighted by atomic mass is 10.1. The van der Waals surface area contributed by atoms with Crippen molar-refractivity contribution in [3.63, 3.8) is 0 Å². The number of carbonyl (C=O) groups excluding carboxylic acids is 1. The molecule has 0 atom stereocenters. The third-order valence-corrected chi connectivity index (χ3v) is 4.09. The SMILES string of the molecule is COCCn1c(C)cc(/C=C(\C#N)C(=O)OCc2ccccc2F)c1C. The molecule has 0 radical (unpaired) electrons. The molecule has 136 valence electrons. The van der Waals surface area contributed by atoms with E-state index in [1.807, 2.05) is 26.0 Å². The summed E-state index contributed by atoms with van der Waals surface area (Å²) in [5.74, 6) is -1.23. The van der Waals surface area contributed by atoms with E-state index < -0.39 is 11.8 Å². The van der Waals surface area contributed by atoms with Crippen LogP contribution in [-0.4, -0.2) is 24.3 Å². The molecular formula is C20H21FN2O3. The molecule has 0 N–H and O–H groups in total. The van der Waals surface area contributed by atoms with Gasteiger partial charge in [-0.25, -0.2) is 9.18 Å². The molecule has 0 aliphatic rings. The number of nitriles is 1. The maximum absolute atomic E-state index is 13.6. The summed E-state index contributed by atoms with van der Waals surface area (Å²) in [5.41, 5.74) is 2.82. The second kappa shape index (κ2) is 8.97. The first-order valence-electron chi connectivity index (χ1n) is 8.16. The van der Waals surface area contributed by atoms with Gasteiger partial charge in [0.05, 0.1) is 6.61 Å². The number of aromatic nitrogens is 1. The smallest absolute Gasteiger partial charge is 0.349 e. The zero-order valence-electron chi connectivity index (χ0n) is 15.1. The second-order valence-corrected chi connectivity index (χ2v) is 5.81. The van der Waals surface area contributed by atoms with Crippen LogP contribution in [0.5, 0.6) is 0 Å². The lowest BCUT2D eigenvalue weighted by Crippen LogP contribution is -2.08. The minimum absolute atomic E-state index is 0.131. The Kier molecular flexibility index (Phi) is 6.70. The Morgan fingerprint density at radius 2 is 2.08 bits per heavy atom. The van der Waals surface area contributed by atoms with Gasteiger partial charge in [0.1, 0.15) is 24.1 Å². The van der Waals surface area contributed by atoms with Crippen LogP contribution in [0, 0.1) is 31.0 Å². The van der Waals surface area contributed by atoms with E-state index in [-0.39, 0.29) is 17.7 Å². The van der Waals surface area contributed by atoms with Crippen LogP contribution in [0.1, 0.15) is 22.5 Å². The van der Waals surface area contributed by atoms with Crippen molar-refractivity contribution in [1.29, 1.82) is 5.26 Å². The van der Waals surface area contributed by atoms with Gasteiger partial charge in [0.25, 0.3) is 0 Å². The maximum Gasteiger partial charge on any atom is 0.349 e. The number of methoxy groups -OCH3 is 1. The van der Waals surface area contributed by atoms with Crippen molar-refractivity contribution in [2.24, 2.45) is 0 Å². The van der Waals surface area contributed by atoms with Gasteiger partial charge < -0.3 is 14.0 Å². The van der Waals surface area contributed by atoms with Crippen molar-refractivity contribution in [2.45, 2.75) is 27.0 Å². The minimum atomic E-state index is -0.780. The van der Waals surface area contributed by atoms with Gasteiger partial charge in [-0.3, -0.25) is 0 Å². The fraction of sp³-hybridized carbons (Fsp3) is 0.300. The van der Waals surface area contributed by atoms with Crippen LogP contribution < -0.4 is 0 Å². The summed E-state index contributed by atoms with van der Waals surface area (Å²) in [6.45, 7) is 4.88. The second-order valence-electron chi connectivity index (χ2n) is 5.81. The number of halogens is 1. The van der Waals surface area contributed by atoms with E-state index in [0.717, 1.165) is 17.0 Å². The van der Waals surface area contributed by atoms with Crippen molar-refractivity contribution >= 4 is 12.0 Å². The van der Waals surface area contributed by atoms with E-state index in [9.17, 15) is 14.4 Å². The van der Waals surface area contributed by atoms with Gasteiger partial charge in [-0.2, -0.15) is 5.26 Å². The Bertz CT molecular complexity index is 862. The van der Waals surface area contributed by atoms with Gasteiger partial charge in [-0.1, -0.05) is 18.2 Å². The summed E-state index contributed by atoms with van der Waals surface area (Å²) in [6.07, 6.45) is 1.50. The molecule has 1 heterocycles. The van der Waals surface area contributed by atoms with Gasteiger partial charge >= 0.3 is 5.97 Å². The Labute approximate surface area is 152 Å². The number of hydrogen-bond acceptors (Lipinski definition) is 4. The summed E-state index contributed by atoms with van der Waals surface area (Å²) in [6, 6.07) is 9.79. The van der Waals surface area contributed by atoms with Gasteiger partial charge in [-0.05, 0) is 37.6 Å². The molecule has 0 unspecified atom stereocenters. The highest BCUT2D eigenvalue weighted by Crippen LogP contribution is 2.19. The van der Waals surface area contributed by atoms with Crippen LogP contribution in [0.3, 0.4) is 0 Å². The lowest BCUT2D eigenvalue weighted by Gasteiger charge is -2.08. The Morgan fingerprint density at radius 3 is 2.73 bits per heavy atom. The fourth-order valence-corrected chi connectivity index (χ4v) is 2.63. The van der Waals surface area contributed by atoms with Crippen LogP contribution in [0.4, 0.5) is 4.39 Å². The Hall–Kier alpha value is -2.91. The number of aryl methyl sites for hydroxylation is 1. The van der Waals surface area contributed by atoms with Gasteiger partial charge in [-0.15, -0.1) is 0 Å². The van der Waals surface area contributed by atoms with Crippen LogP contribution in [0.15, 0.2) is 35.9 Å². The third-order valence-electron chi connectivity index (χ3n) is 4.09. The largest absolute Gasteiger partial charge is 0.457 e. The summed E-state index contributed by atoms with van der Waals surface area (Å²) < 4.78 is 25.8. The minimum Gasteiger partial charge on any atom is -0.457 e. The topological polar surface area (TPSA) is 64.2 Å². The first-order chi connectivity index (χ1) is 12.5. The molecule has 1 aromatic carbocycles. The predicted molar refractivity (Wildman–Crippen MR) is 95.6 cm³/mol. The lowest BCUT2D eigenvalue weighted by molar-refractivity contribution is -0.139. The number of ether oxygens (including phenoxy) is 2. The quantitative estimate of drug-likeness (QED) is 0.432. The average molecular weight is 356 g/mol. The predicted octanol–water partition coefficient (Wildman–Crippen LogP) is 3.54. The van der Waals surface area contributed by atoms with E-state index in [2.05, 4.69) is 4.57 Å². The molecule has 2 rings (SSSR count). The van der Waals surface area contributed by atoms with Crippen LogP contribution in [0.2, 0.25) is 0 Å². The molecule has 0 aliphatic heterocycles.